The maximum absolute atomic E-state index is 11.4. The van der Waals surface area contributed by atoms with Crippen LogP contribution < -0.4 is 0 Å². The van der Waals surface area contributed by atoms with Crippen LogP contribution in [0.3, 0.4) is 0 Å². The highest BCUT2D eigenvalue weighted by Gasteiger charge is 2.14. The third-order valence-electron chi connectivity index (χ3n) is 2.24. The first-order valence-electron chi connectivity index (χ1n) is 5.12. The Morgan fingerprint density at radius 2 is 2.12 bits per heavy atom. The Morgan fingerprint density at radius 1 is 1.50 bits per heavy atom. The van der Waals surface area contributed by atoms with Gasteiger partial charge in [-0.25, -0.2) is 0 Å². The van der Waals surface area contributed by atoms with Gasteiger partial charge in [0.25, 0.3) is 0 Å². The molecule has 0 aromatic carbocycles. The molecule has 0 aliphatic rings. The summed E-state index contributed by atoms with van der Waals surface area (Å²) in [4.78, 5) is 15.3. The number of rotatable bonds is 4. The quantitative estimate of drug-likeness (QED) is 0.725. The fourth-order valence-corrected chi connectivity index (χ4v) is 1.33. The average molecular weight is 218 g/mol. The number of carbonyl (C=O) groups excluding carboxylic acids is 1. The summed E-state index contributed by atoms with van der Waals surface area (Å²) >= 11 is 0. The molecule has 1 heterocycles. The Morgan fingerprint density at radius 3 is 2.69 bits per heavy atom. The van der Waals surface area contributed by atoms with Crippen molar-refractivity contribution in [3.05, 3.63) is 30.1 Å². The van der Waals surface area contributed by atoms with E-state index in [1.54, 1.807) is 19.3 Å². The minimum Gasteiger partial charge on any atom is -0.447 e. The third kappa shape index (κ3) is 3.70. The first kappa shape index (κ1) is 12.2. The second-order valence-corrected chi connectivity index (χ2v) is 3.65. The Hall–Kier alpha value is -1.89. The molecule has 4 nitrogen and oxygen atoms in total. The lowest BCUT2D eigenvalue weighted by molar-refractivity contribution is -0.146. The molecule has 16 heavy (non-hydrogen) atoms. The van der Waals surface area contributed by atoms with Gasteiger partial charge in [-0.2, -0.15) is 5.26 Å². The molecule has 0 bridgehead atoms. The summed E-state index contributed by atoms with van der Waals surface area (Å²) in [7, 11) is 0. The van der Waals surface area contributed by atoms with Gasteiger partial charge < -0.3 is 4.74 Å². The van der Waals surface area contributed by atoms with E-state index in [0.29, 0.717) is 0 Å². The van der Waals surface area contributed by atoms with Crippen LogP contribution in [0.25, 0.3) is 0 Å². The maximum atomic E-state index is 11.4. The molecule has 2 atom stereocenters. The van der Waals surface area contributed by atoms with Crippen LogP contribution in [-0.4, -0.2) is 17.1 Å². The first-order valence-corrected chi connectivity index (χ1v) is 5.12. The Labute approximate surface area is 94.9 Å². The van der Waals surface area contributed by atoms with Crippen LogP contribution in [0.5, 0.6) is 0 Å². The minimum absolute atomic E-state index is 0.0707. The Kier molecular flexibility index (Phi) is 4.46. The Balaban J connectivity index is 2.50. The SMILES string of the molecule is C[C@@H](C#N)OC(=O)C[C@H](C)c1ccncc1. The lowest BCUT2D eigenvalue weighted by atomic mass is 9.99. The molecular weight excluding hydrogens is 204 g/mol. The van der Waals surface area contributed by atoms with E-state index >= 15 is 0 Å². The molecule has 0 amide bonds. The molecule has 4 heteroatoms. The van der Waals surface area contributed by atoms with E-state index in [2.05, 4.69) is 4.98 Å². The molecule has 0 fully saturated rings. The zero-order chi connectivity index (χ0) is 12.0. The lowest BCUT2D eigenvalue weighted by Crippen LogP contribution is -2.14. The summed E-state index contributed by atoms with van der Waals surface area (Å²) in [6.07, 6.45) is 2.97. The minimum atomic E-state index is -0.683. The zero-order valence-electron chi connectivity index (χ0n) is 9.38. The van der Waals surface area contributed by atoms with Crippen molar-refractivity contribution in [2.24, 2.45) is 0 Å². The molecule has 0 N–H and O–H groups in total. The van der Waals surface area contributed by atoms with Crippen molar-refractivity contribution in [1.29, 1.82) is 5.26 Å². The molecule has 0 aliphatic heterocycles. The number of hydrogen-bond donors (Lipinski definition) is 0. The van der Waals surface area contributed by atoms with E-state index in [4.69, 9.17) is 10.00 Å². The lowest BCUT2D eigenvalue weighted by Gasteiger charge is -2.11. The van der Waals surface area contributed by atoms with Gasteiger partial charge in [0.05, 0.1) is 6.42 Å². The van der Waals surface area contributed by atoms with Crippen molar-refractivity contribution in [3.8, 4) is 6.07 Å². The molecule has 0 radical (unpaired) electrons. The molecule has 0 spiro atoms. The monoisotopic (exact) mass is 218 g/mol. The average Bonchev–Trinajstić information content (AvgIpc) is 2.29. The van der Waals surface area contributed by atoms with Crippen molar-refractivity contribution in [1.82, 2.24) is 4.98 Å². The molecule has 1 aromatic heterocycles. The van der Waals surface area contributed by atoms with E-state index < -0.39 is 6.10 Å². The number of aromatic nitrogens is 1. The van der Waals surface area contributed by atoms with Crippen molar-refractivity contribution >= 4 is 5.97 Å². The summed E-state index contributed by atoms with van der Waals surface area (Å²) in [6, 6.07) is 5.59. The van der Waals surface area contributed by atoms with E-state index in [-0.39, 0.29) is 18.3 Å². The largest absolute Gasteiger partial charge is 0.447 e. The van der Waals surface area contributed by atoms with Gasteiger partial charge in [0.15, 0.2) is 6.10 Å². The molecule has 84 valence electrons. The number of ether oxygens (including phenoxy) is 1. The fourth-order valence-electron chi connectivity index (χ4n) is 1.33. The van der Waals surface area contributed by atoms with E-state index in [9.17, 15) is 4.79 Å². The fraction of sp³-hybridized carbons (Fsp3) is 0.417. The van der Waals surface area contributed by atoms with Gasteiger partial charge in [0.1, 0.15) is 6.07 Å². The van der Waals surface area contributed by atoms with Crippen LogP contribution in [0.4, 0.5) is 0 Å². The van der Waals surface area contributed by atoms with E-state index in [0.717, 1.165) is 5.56 Å². The summed E-state index contributed by atoms with van der Waals surface area (Å²) in [5.41, 5.74) is 1.04. The molecule has 1 aromatic rings. The highest BCUT2D eigenvalue weighted by molar-refractivity contribution is 5.70. The number of nitriles is 1. The van der Waals surface area contributed by atoms with Gasteiger partial charge in [-0.1, -0.05) is 6.92 Å². The predicted molar refractivity (Wildman–Crippen MR) is 58.4 cm³/mol. The van der Waals surface area contributed by atoms with Crippen LogP contribution in [0.1, 0.15) is 31.7 Å². The number of hydrogen-bond acceptors (Lipinski definition) is 4. The van der Waals surface area contributed by atoms with Gasteiger partial charge in [-0.3, -0.25) is 9.78 Å². The molecule has 0 saturated carbocycles. The van der Waals surface area contributed by atoms with Gasteiger partial charge in [0.2, 0.25) is 0 Å². The third-order valence-corrected chi connectivity index (χ3v) is 2.24. The van der Waals surface area contributed by atoms with Crippen LogP contribution in [0, 0.1) is 11.3 Å². The second kappa shape index (κ2) is 5.86. The second-order valence-electron chi connectivity index (χ2n) is 3.65. The van der Waals surface area contributed by atoms with Gasteiger partial charge >= 0.3 is 5.97 Å². The van der Waals surface area contributed by atoms with Gasteiger partial charge in [-0.15, -0.1) is 0 Å². The highest BCUT2D eigenvalue weighted by atomic mass is 16.5. The maximum Gasteiger partial charge on any atom is 0.307 e. The molecule has 0 saturated heterocycles. The normalized spacial score (nSPS) is 13.6. The number of nitrogens with zero attached hydrogens (tertiary/aromatic N) is 2. The van der Waals surface area contributed by atoms with Crippen LogP contribution in [0.2, 0.25) is 0 Å². The summed E-state index contributed by atoms with van der Waals surface area (Å²) in [6.45, 7) is 3.49. The molecule has 0 unspecified atom stereocenters. The van der Waals surface area contributed by atoms with Gasteiger partial charge in [0, 0.05) is 12.4 Å². The molecular formula is C12H14N2O2. The summed E-state index contributed by atoms with van der Waals surface area (Å²) in [5.74, 6) is -0.278. The Bertz CT molecular complexity index is 384. The summed E-state index contributed by atoms with van der Waals surface area (Å²) < 4.78 is 4.88. The highest BCUT2D eigenvalue weighted by Crippen LogP contribution is 2.18. The number of esters is 1. The summed E-state index contributed by atoms with van der Waals surface area (Å²) in [5, 5.41) is 8.50. The van der Waals surface area contributed by atoms with E-state index in [1.165, 1.54) is 0 Å². The molecule has 0 aliphatic carbocycles. The van der Waals surface area contributed by atoms with Crippen LogP contribution in [0.15, 0.2) is 24.5 Å². The first-order chi connectivity index (χ1) is 7.63. The van der Waals surface area contributed by atoms with Crippen molar-refractivity contribution < 1.29 is 9.53 Å². The van der Waals surface area contributed by atoms with Gasteiger partial charge in [-0.05, 0) is 30.5 Å². The van der Waals surface area contributed by atoms with Crippen LogP contribution >= 0.6 is 0 Å². The topological polar surface area (TPSA) is 63.0 Å². The number of pyridine rings is 1. The van der Waals surface area contributed by atoms with Crippen molar-refractivity contribution in [3.63, 3.8) is 0 Å². The smallest absolute Gasteiger partial charge is 0.307 e. The zero-order valence-corrected chi connectivity index (χ0v) is 9.38. The molecule has 1 rings (SSSR count). The van der Waals surface area contributed by atoms with Crippen molar-refractivity contribution in [2.45, 2.75) is 32.3 Å². The number of carbonyl (C=O) groups is 1. The van der Waals surface area contributed by atoms with Crippen molar-refractivity contribution in [2.75, 3.05) is 0 Å². The predicted octanol–water partition coefficient (Wildman–Crippen LogP) is 2.03. The standard InChI is InChI=1S/C12H14N2O2/c1-9(11-3-5-14-6-4-11)7-12(15)16-10(2)8-13/h3-6,9-10H,7H2,1-2H3/t9-,10-/m0/s1. The van der Waals surface area contributed by atoms with E-state index in [1.807, 2.05) is 25.1 Å². The van der Waals surface area contributed by atoms with Crippen LogP contribution in [-0.2, 0) is 9.53 Å².